The zero-order valence-corrected chi connectivity index (χ0v) is 6.47. The van der Waals surface area contributed by atoms with Gasteiger partial charge in [-0.3, -0.25) is 4.79 Å². The molecule has 11 heavy (non-hydrogen) atoms. The van der Waals surface area contributed by atoms with Crippen LogP contribution in [0.4, 0.5) is 5.69 Å². The summed E-state index contributed by atoms with van der Waals surface area (Å²) in [6.45, 7) is 0. The van der Waals surface area contributed by atoms with Crippen molar-refractivity contribution in [3.63, 3.8) is 0 Å². The van der Waals surface area contributed by atoms with E-state index < -0.39 is 0 Å². The molecule has 0 atom stereocenters. The van der Waals surface area contributed by atoms with Crippen LogP contribution in [0.15, 0.2) is 29.3 Å². The first-order valence-corrected chi connectivity index (χ1v) is 3.41. The third-order valence-corrected chi connectivity index (χ3v) is 1.32. The van der Waals surface area contributed by atoms with Crippen LogP contribution in [0, 0.1) is 0 Å². The molecular formula is C8H5NOS. The Kier molecular flexibility index (Phi) is 2.66. The average molecular weight is 163 g/mol. The van der Waals surface area contributed by atoms with Crippen molar-refractivity contribution >= 4 is 29.4 Å². The van der Waals surface area contributed by atoms with Gasteiger partial charge in [-0.25, -0.2) is 0 Å². The minimum Gasteiger partial charge on any atom is -0.298 e. The smallest absolute Gasteiger partial charge is 0.152 e. The maximum absolute atomic E-state index is 10.4. The van der Waals surface area contributed by atoms with Crippen molar-refractivity contribution in [3.8, 4) is 0 Å². The van der Waals surface area contributed by atoms with Crippen LogP contribution in [0.3, 0.4) is 0 Å². The minimum atomic E-state index is 0.532. The zero-order valence-electron chi connectivity index (χ0n) is 5.65. The molecule has 0 spiro atoms. The van der Waals surface area contributed by atoms with Crippen molar-refractivity contribution in [1.29, 1.82) is 0 Å². The van der Waals surface area contributed by atoms with Gasteiger partial charge >= 0.3 is 0 Å². The van der Waals surface area contributed by atoms with Crippen molar-refractivity contribution < 1.29 is 4.79 Å². The van der Waals surface area contributed by atoms with E-state index in [-0.39, 0.29) is 0 Å². The minimum absolute atomic E-state index is 0.532. The molecule has 0 N–H and O–H groups in total. The van der Waals surface area contributed by atoms with Crippen molar-refractivity contribution in [2.45, 2.75) is 0 Å². The zero-order chi connectivity index (χ0) is 8.10. The molecular weight excluding hydrogens is 158 g/mol. The number of benzene rings is 1. The number of aliphatic imine (C=N–C) groups is 1. The Labute approximate surface area is 69.6 Å². The molecule has 0 unspecified atom stereocenters. The highest BCUT2D eigenvalue weighted by Gasteiger charge is 1.95. The summed E-state index contributed by atoms with van der Waals surface area (Å²) >= 11 is 4.41. The summed E-state index contributed by atoms with van der Waals surface area (Å²) in [6.07, 6.45) is 0.742. The Morgan fingerprint density at radius 2 is 2.18 bits per heavy atom. The summed E-state index contributed by atoms with van der Waals surface area (Å²) in [5.41, 5.74) is 1.10. The number of carbonyl (C=O) groups is 1. The lowest BCUT2D eigenvalue weighted by atomic mass is 10.2. The molecule has 0 aromatic heterocycles. The SMILES string of the molecule is O=Cc1ccccc1N=C=S. The van der Waals surface area contributed by atoms with Crippen LogP contribution >= 0.6 is 12.2 Å². The number of hydrogen-bond donors (Lipinski definition) is 0. The topological polar surface area (TPSA) is 29.4 Å². The van der Waals surface area contributed by atoms with Gasteiger partial charge in [-0.15, -0.1) is 0 Å². The Bertz CT molecular complexity index is 316. The monoisotopic (exact) mass is 163 g/mol. The van der Waals surface area contributed by atoms with Crippen molar-refractivity contribution in [2.75, 3.05) is 0 Å². The number of nitrogens with zero attached hydrogens (tertiary/aromatic N) is 1. The quantitative estimate of drug-likeness (QED) is 0.380. The van der Waals surface area contributed by atoms with Crippen LogP contribution in [-0.2, 0) is 0 Å². The van der Waals surface area contributed by atoms with Gasteiger partial charge in [0.15, 0.2) is 6.29 Å². The molecule has 0 aliphatic heterocycles. The summed E-state index contributed by atoms with van der Waals surface area (Å²) in [4.78, 5) is 14.1. The maximum atomic E-state index is 10.4. The highest BCUT2D eigenvalue weighted by atomic mass is 32.1. The molecule has 0 saturated heterocycles. The molecule has 3 heteroatoms. The van der Waals surface area contributed by atoms with Gasteiger partial charge in [-0.2, -0.15) is 4.99 Å². The van der Waals surface area contributed by atoms with Gasteiger partial charge in [-0.1, -0.05) is 12.1 Å². The Morgan fingerprint density at radius 3 is 2.82 bits per heavy atom. The Hall–Kier alpha value is -1.31. The second kappa shape index (κ2) is 3.76. The molecule has 0 fully saturated rings. The van der Waals surface area contributed by atoms with E-state index in [1.165, 1.54) is 0 Å². The number of rotatable bonds is 2. The molecule has 0 aliphatic carbocycles. The van der Waals surface area contributed by atoms with Crippen LogP contribution in [0.2, 0.25) is 0 Å². The van der Waals surface area contributed by atoms with Crippen LogP contribution in [0.5, 0.6) is 0 Å². The average Bonchev–Trinajstić information content (AvgIpc) is 2.06. The van der Waals surface area contributed by atoms with Gasteiger partial charge in [0.1, 0.15) is 0 Å². The molecule has 1 rings (SSSR count). The maximum Gasteiger partial charge on any atom is 0.152 e. The second-order valence-corrected chi connectivity index (χ2v) is 2.06. The van der Waals surface area contributed by atoms with Gasteiger partial charge < -0.3 is 0 Å². The predicted octanol–water partition coefficient (Wildman–Crippen LogP) is 2.23. The lowest BCUT2D eigenvalue weighted by molar-refractivity contribution is 0.112. The molecule has 0 amide bonds. The van der Waals surface area contributed by atoms with Gasteiger partial charge in [0.05, 0.1) is 10.8 Å². The Balaban J connectivity index is 3.21. The first kappa shape index (κ1) is 7.79. The number of aldehydes is 1. The van der Waals surface area contributed by atoms with E-state index in [0.717, 1.165) is 6.29 Å². The Morgan fingerprint density at radius 1 is 1.45 bits per heavy atom. The van der Waals surface area contributed by atoms with Crippen molar-refractivity contribution in [3.05, 3.63) is 29.8 Å². The fraction of sp³-hybridized carbons (Fsp3) is 0. The molecule has 0 aliphatic rings. The molecule has 1 aromatic rings. The molecule has 0 saturated carbocycles. The summed E-state index contributed by atoms with van der Waals surface area (Å²) in [5.74, 6) is 0. The van der Waals surface area contributed by atoms with E-state index in [2.05, 4.69) is 22.4 Å². The van der Waals surface area contributed by atoms with E-state index in [4.69, 9.17) is 0 Å². The first-order valence-electron chi connectivity index (χ1n) is 3.00. The molecule has 1 aromatic carbocycles. The van der Waals surface area contributed by atoms with E-state index in [9.17, 15) is 4.79 Å². The van der Waals surface area contributed by atoms with E-state index in [0.29, 0.717) is 11.3 Å². The molecule has 0 bridgehead atoms. The number of isothiocyanates is 1. The lowest BCUT2D eigenvalue weighted by Crippen LogP contribution is -1.77. The fourth-order valence-electron chi connectivity index (χ4n) is 0.738. The van der Waals surface area contributed by atoms with Crippen LogP contribution in [-0.4, -0.2) is 11.4 Å². The van der Waals surface area contributed by atoms with E-state index in [1.807, 2.05) is 0 Å². The summed E-state index contributed by atoms with van der Waals surface area (Å²) in [7, 11) is 0. The van der Waals surface area contributed by atoms with Crippen LogP contribution in [0.1, 0.15) is 10.4 Å². The third kappa shape index (κ3) is 1.80. The largest absolute Gasteiger partial charge is 0.298 e. The molecule has 2 nitrogen and oxygen atoms in total. The van der Waals surface area contributed by atoms with Crippen molar-refractivity contribution in [2.24, 2.45) is 4.99 Å². The lowest BCUT2D eigenvalue weighted by Gasteiger charge is -1.92. The predicted molar refractivity (Wildman–Crippen MR) is 46.5 cm³/mol. The van der Waals surface area contributed by atoms with Crippen LogP contribution < -0.4 is 0 Å². The number of carbonyl (C=O) groups excluding carboxylic acids is 1. The number of hydrogen-bond acceptors (Lipinski definition) is 3. The van der Waals surface area contributed by atoms with E-state index in [1.54, 1.807) is 24.3 Å². The second-order valence-electron chi connectivity index (χ2n) is 1.88. The van der Waals surface area contributed by atoms with Gasteiger partial charge in [0, 0.05) is 5.56 Å². The number of para-hydroxylation sites is 1. The number of thiocarbonyl (C=S) groups is 1. The standard InChI is InChI=1S/C8H5NOS/c10-5-7-3-1-2-4-8(7)9-6-11/h1-5H. The first-order chi connectivity index (χ1) is 5.38. The van der Waals surface area contributed by atoms with Gasteiger partial charge in [0.2, 0.25) is 0 Å². The third-order valence-electron chi connectivity index (χ3n) is 1.23. The van der Waals surface area contributed by atoms with Gasteiger partial charge in [-0.05, 0) is 24.4 Å². The summed E-state index contributed by atoms with van der Waals surface area (Å²) in [6, 6.07) is 6.95. The van der Waals surface area contributed by atoms with Crippen LogP contribution in [0.25, 0.3) is 0 Å². The molecule has 0 radical (unpaired) electrons. The van der Waals surface area contributed by atoms with E-state index >= 15 is 0 Å². The summed E-state index contributed by atoms with van der Waals surface area (Å²) < 4.78 is 0. The molecule has 54 valence electrons. The highest BCUT2D eigenvalue weighted by molar-refractivity contribution is 7.78. The normalized spacial score (nSPS) is 8.36. The van der Waals surface area contributed by atoms with Crippen molar-refractivity contribution in [1.82, 2.24) is 0 Å². The molecule has 0 heterocycles. The highest BCUT2D eigenvalue weighted by Crippen LogP contribution is 2.14. The fourth-order valence-corrected chi connectivity index (χ4v) is 0.837. The van der Waals surface area contributed by atoms with Gasteiger partial charge in [0.25, 0.3) is 0 Å². The summed E-state index contributed by atoms with van der Waals surface area (Å²) in [5, 5.41) is 2.21.